The number of hydrogen-bond acceptors (Lipinski definition) is 4. The Morgan fingerprint density at radius 3 is 2.94 bits per heavy atom. The van der Waals surface area contributed by atoms with E-state index in [4.69, 9.17) is 10.5 Å². The number of hydrogen-bond donors (Lipinski definition) is 2. The summed E-state index contributed by atoms with van der Waals surface area (Å²) in [5.41, 5.74) is 6.41. The SMILES string of the molecule is Nc1ccccc1OCc1nc(C2CC2)n[nH]1. The van der Waals surface area contributed by atoms with Gasteiger partial charge in [0.1, 0.15) is 12.4 Å². The number of para-hydroxylation sites is 2. The zero-order valence-corrected chi connectivity index (χ0v) is 9.39. The minimum Gasteiger partial charge on any atom is -0.483 e. The Hall–Kier alpha value is -2.04. The molecule has 1 saturated carbocycles. The van der Waals surface area contributed by atoms with Crippen molar-refractivity contribution in [3.63, 3.8) is 0 Å². The molecule has 0 aliphatic heterocycles. The average molecular weight is 230 g/mol. The van der Waals surface area contributed by atoms with Gasteiger partial charge in [0.25, 0.3) is 0 Å². The van der Waals surface area contributed by atoms with Gasteiger partial charge in [-0.1, -0.05) is 12.1 Å². The standard InChI is InChI=1S/C12H14N4O/c13-9-3-1-2-4-10(9)17-7-11-14-12(16-15-11)8-5-6-8/h1-4,8H,5-7,13H2,(H,14,15,16). The van der Waals surface area contributed by atoms with Gasteiger partial charge in [-0.3, -0.25) is 5.10 Å². The molecule has 0 amide bonds. The van der Waals surface area contributed by atoms with Gasteiger partial charge >= 0.3 is 0 Å². The topological polar surface area (TPSA) is 76.8 Å². The number of nitrogens with two attached hydrogens (primary N) is 1. The van der Waals surface area contributed by atoms with Gasteiger partial charge in [-0.25, -0.2) is 4.98 Å². The highest BCUT2D eigenvalue weighted by Gasteiger charge is 2.27. The van der Waals surface area contributed by atoms with Crippen molar-refractivity contribution in [2.24, 2.45) is 0 Å². The number of aromatic amines is 1. The van der Waals surface area contributed by atoms with E-state index in [1.165, 1.54) is 12.8 Å². The number of rotatable bonds is 4. The fourth-order valence-corrected chi connectivity index (χ4v) is 1.66. The Morgan fingerprint density at radius 1 is 1.35 bits per heavy atom. The van der Waals surface area contributed by atoms with E-state index in [0.29, 0.717) is 24.0 Å². The van der Waals surface area contributed by atoms with Crippen LogP contribution in [0.15, 0.2) is 24.3 Å². The van der Waals surface area contributed by atoms with Crippen molar-refractivity contribution in [2.75, 3.05) is 5.73 Å². The Bertz CT molecular complexity index is 519. The second kappa shape index (κ2) is 4.08. The van der Waals surface area contributed by atoms with Crippen LogP contribution >= 0.6 is 0 Å². The van der Waals surface area contributed by atoms with Crippen molar-refractivity contribution in [2.45, 2.75) is 25.4 Å². The molecule has 5 heteroatoms. The number of nitrogens with one attached hydrogen (secondary N) is 1. The highest BCUT2D eigenvalue weighted by atomic mass is 16.5. The summed E-state index contributed by atoms with van der Waals surface area (Å²) in [6.45, 7) is 0.369. The lowest BCUT2D eigenvalue weighted by molar-refractivity contribution is 0.298. The third-order valence-electron chi connectivity index (χ3n) is 2.77. The summed E-state index contributed by atoms with van der Waals surface area (Å²) in [5, 5.41) is 7.06. The van der Waals surface area contributed by atoms with E-state index < -0.39 is 0 Å². The summed E-state index contributed by atoms with van der Waals surface area (Å²) < 4.78 is 5.58. The van der Waals surface area contributed by atoms with E-state index >= 15 is 0 Å². The van der Waals surface area contributed by atoms with Crippen molar-refractivity contribution < 1.29 is 4.74 Å². The Morgan fingerprint density at radius 2 is 2.18 bits per heavy atom. The molecule has 0 atom stereocenters. The molecule has 1 heterocycles. The second-order valence-corrected chi connectivity index (χ2v) is 4.24. The maximum absolute atomic E-state index is 5.78. The van der Waals surface area contributed by atoms with Crippen LogP contribution in [0.4, 0.5) is 5.69 Å². The summed E-state index contributed by atoms with van der Waals surface area (Å²) in [4.78, 5) is 4.38. The van der Waals surface area contributed by atoms with E-state index in [2.05, 4.69) is 15.2 Å². The van der Waals surface area contributed by atoms with Gasteiger partial charge in [0.05, 0.1) is 5.69 Å². The van der Waals surface area contributed by atoms with Crippen molar-refractivity contribution >= 4 is 5.69 Å². The molecule has 1 aromatic carbocycles. The molecule has 1 aliphatic carbocycles. The first-order valence-electron chi connectivity index (χ1n) is 5.71. The molecule has 0 saturated heterocycles. The van der Waals surface area contributed by atoms with E-state index in [1.807, 2.05) is 24.3 Å². The normalized spacial score (nSPS) is 14.8. The molecule has 5 nitrogen and oxygen atoms in total. The Balaban J connectivity index is 1.65. The van der Waals surface area contributed by atoms with E-state index in [9.17, 15) is 0 Å². The molecule has 3 rings (SSSR count). The lowest BCUT2D eigenvalue weighted by Crippen LogP contribution is -2.00. The van der Waals surface area contributed by atoms with Crippen LogP contribution in [-0.2, 0) is 6.61 Å². The molecule has 0 bridgehead atoms. The van der Waals surface area contributed by atoms with Crippen molar-refractivity contribution in [1.82, 2.24) is 15.2 Å². The van der Waals surface area contributed by atoms with Gasteiger partial charge in [-0.15, -0.1) is 0 Å². The molecule has 3 N–H and O–H groups in total. The van der Waals surface area contributed by atoms with Crippen LogP contribution in [0, 0.1) is 0 Å². The predicted octanol–water partition coefficient (Wildman–Crippen LogP) is 1.84. The molecule has 1 fully saturated rings. The van der Waals surface area contributed by atoms with Gasteiger partial charge in [0.15, 0.2) is 11.6 Å². The minimum atomic E-state index is 0.369. The summed E-state index contributed by atoms with van der Waals surface area (Å²) in [6.07, 6.45) is 2.40. The number of nitrogen functional groups attached to an aromatic ring is 1. The zero-order chi connectivity index (χ0) is 11.7. The van der Waals surface area contributed by atoms with Crippen molar-refractivity contribution in [1.29, 1.82) is 0 Å². The minimum absolute atomic E-state index is 0.369. The molecule has 17 heavy (non-hydrogen) atoms. The highest BCUT2D eigenvalue weighted by Crippen LogP contribution is 2.37. The van der Waals surface area contributed by atoms with Crippen LogP contribution < -0.4 is 10.5 Å². The van der Waals surface area contributed by atoms with Crippen molar-refractivity contribution in [3.05, 3.63) is 35.9 Å². The lowest BCUT2D eigenvalue weighted by Gasteiger charge is -2.05. The summed E-state index contributed by atoms with van der Waals surface area (Å²) in [5.74, 6) is 2.89. The summed E-state index contributed by atoms with van der Waals surface area (Å²) in [6, 6.07) is 7.42. The van der Waals surface area contributed by atoms with Crippen LogP contribution in [-0.4, -0.2) is 15.2 Å². The fourth-order valence-electron chi connectivity index (χ4n) is 1.66. The molecular weight excluding hydrogens is 216 g/mol. The third-order valence-corrected chi connectivity index (χ3v) is 2.77. The molecule has 0 radical (unpaired) electrons. The summed E-state index contributed by atoms with van der Waals surface area (Å²) >= 11 is 0. The molecule has 0 spiro atoms. The molecular formula is C12H14N4O. The summed E-state index contributed by atoms with van der Waals surface area (Å²) in [7, 11) is 0. The predicted molar refractivity (Wildman–Crippen MR) is 63.5 cm³/mol. The average Bonchev–Trinajstić information content (AvgIpc) is 3.08. The maximum Gasteiger partial charge on any atom is 0.162 e. The van der Waals surface area contributed by atoms with Gasteiger partial charge in [-0.2, -0.15) is 5.10 Å². The lowest BCUT2D eigenvalue weighted by atomic mass is 10.3. The monoisotopic (exact) mass is 230 g/mol. The van der Waals surface area contributed by atoms with Crippen LogP contribution in [0.5, 0.6) is 5.75 Å². The smallest absolute Gasteiger partial charge is 0.162 e. The number of aromatic nitrogens is 3. The largest absolute Gasteiger partial charge is 0.483 e. The van der Waals surface area contributed by atoms with Gasteiger partial charge in [0, 0.05) is 5.92 Å². The van der Waals surface area contributed by atoms with Crippen LogP contribution in [0.1, 0.15) is 30.4 Å². The molecule has 0 unspecified atom stereocenters. The van der Waals surface area contributed by atoms with Crippen LogP contribution in [0.2, 0.25) is 0 Å². The zero-order valence-electron chi connectivity index (χ0n) is 9.39. The Kier molecular flexibility index (Phi) is 2.44. The van der Waals surface area contributed by atoms with E-state index in [-0.39, 0.29) is 0 Å². The first-order valence-corrected chi connectivity index (χ1v) is 5.71. The second-order valence-electron chi connectivity index (χ2n) is 4.24. The van der Waals surface area contributed by atoms with Gasteiger partial charge in [0.2, 0.25) is 0 Å². The third kappa shape index (κ3) is 2.22. The van der Waals surface area contributed by atoms with Crippen LogP contribution in [0.25, 0.3) is 0 Å². The first-order chi connectivity index (χ1) is 8.33. The van der Waals surface area contributed by atoms with E-state index in [1.54, 1.807) is 0 Å². The molecule has 2 aromatic rings. The molecule has 1 aliphatic rings. The number of nitrogens with zero attached hydrogens (tertiary/aromatic N) is 2. The number of benzene rings is 1. The highest BCUT2D eigenvalue weighted by molar-refractivity contribution is 5.51. The van der Waals surface area contributed by atoms with Gasteiger partial charge < -0.3 is 10.5 Å². The van der Waals surface area contributed by atoms with E-state index in [0.717, 1.165) is 11.6 Å². The molecule has 1 aromatic heterocycles. The fraction of sp³-hybridized carbons (Fsp3) is 0.333. The van der Waals surface area contributed by atoms with Crippen molar-refractivity contribution in [3.8, 4) is 5.75 Å². The van der Waals surface area contributed by atoms with Gasteiger partial charge in [-0.05, 0) is 25.0 Å². The number of ether oxygens (including phenoxy) is 1. The molecule has 88 valence electrons. The maximum atomic E-state index is 5.78. The van der Waals surface area contributed by atoms with Crippen LogP contribution in [0.3, 0.4) is 0 Å². The number of H-pyrrole nitrogens is 1. The quantitative estimate of drug-likeness (QED) is 0.786. The Labute approximate surface area is 99.0 Å². The first kappa shape index (κ1) is 10.1. The number of anilines is 1.